The molecule has 0 unspecified atom stereocenters. The van der Waals surface area contributed by atoms with Gasteiger partial charge in [-0.25, -0.2) is 0 Å². The fourth-order valence-corrected chi connectivity index (χ4v) is 1.41. The van der Waals surface area contributed by atoms with Crippen molar-refractivity contribution in [3.8, 4) is 0 Å². The van der Waals surface area contributed by atoms with Crippen LogP contribution in [0.15, 0.2) is 30.3 Å². The van der Waals surface area contributed by atoms with Crippen molar-refractivity contribution in [1.29, 1.82) is 0 Å². The van der Waals surface area contributed by atoms with Crippen LogP contribution in [-0.4, -0.2) is 23.7 Å². The lowest BCUT2D eigenvalue weighted by molar-refractivity contribution is -0.123. The molecular weight excluding hydrogens is 190 g/mol. The number of carbonyl (C=O) groups is 1. The Balaban J connectivity index is 2.76. The second-order valence-electron chi connectivity index (χ2n) is 3.81. The van der Waals surface area contributed by atoms with Crippen molar-refractivity contribution in [2.75, 3.05) is 6.61 Å². The van der Waals surface area contributed by atoms with Gasteiger partial charge >= 0.3 is 0 Å². The van der Waals surface area contributed by atoms with E-state index in [9.17, 15) is 9.90 Å². The Kier molecular flexibility index (Phi) is 4.31. The molecule has 1 aromatic rings. The van der Waals surface area contributed by atoms with Crippen LogP contribution in [0.3, 0.4) is 0 Å². The topological polar surface area (TPSA) is 49.3 Å². The van der Waals surface area contributed by atoms with Crippen LogP contribution in [0.5, 0.6) is 0 Å². The zero-order chi connectivity index (χ0) is 11.3. The highest BCUT2D eigenvalue weighted by molar-refractivity contribution is 5.83. The highest BCUT2D eigenvalue weighted by Crippen LogP contribution is 2.14. The third-order valence-corrected chi connectivity index (χ3v) is 2.13. The van der Waals surface area contributed by atoms with E-state index in [1.807, 2.05) is 44.2 Å². The molecule has 0 heterocycles. The Morgan fingerprint density at radius 1 is 1.33 bits per heavy atom. The normalized spacial score (nSPS) is 12.5. The van der Waals surface area contributed by atoms with E-state index in [0.29, 0.717) is 0 Å². The first-order chi connectivity index (χ1) is 7.15. The number of aliphatic hydroxyl groups is 1. The van der Waals surface area contributed by atoms with Crippen LogP contribution in [0.25, 0.3) is 0 Å². The van der Waals surface area contributed by atoms with Gasteiger partial charge in [0.15, 0.2) is 0 Å². The molecule has 0 aromatic heterocycles. The Labute approximate surface area is 90.1 Å². The molecule has 1 atom stereocenters. The van der Waals surface area contributed by atoms with Crippen molar-refractivity contribution in [1.82, 2.24) is 5.32 Å². The summed E-state index contributed by atoms with van der Waals surface area (Å²) in [4.78, 5) is 11.7. The number of amides is 1. The quantitative estimate of drug-likeness (QED) is 0.781. The monoisotopic (exact) mass is 207 g/mol. The van der Waals surface area contributed by atoms with Crippen molar-refractivity contribution >= 4 is 5.91 Å². The average Bonchev–Trinajstić information content (AvgIpc) is 2.19. The predicted molar refractivity (Wildman–Crippen MR) is 59.5 cm³/mol. The first kappa shape index (κ1) is 11.7. The highest BCUT2D eigenvalue weighted by Gasteiger charge is 2.19. The summed E-state index contributed by atoms with van der Waals surface area (Å²) in [6.45, 7) is 3.64. The number of hydrogen-bond donors (Lipinski definition) is 2. The number of nitrogens with one attached hydrogen (secondary N) is 1. The molecule has 3 nitrogen and oxygen atoms in total. The fourth-order valence-electron chi connectivity index (χ4n) is 1.41. The lowest BCUT2D eigenvalue weighted by Crippen LogP contribution is -2.35. The van der Waals surface area contributed by atoms with Gasteiger partial charge in [0.1, 0.15) is 0 Å². The summed E-state index contributed by atoms with van der Waals surface area (Å²) in [5.41, 5.74) is 0.846. The number of benzene rings is 1. The molecule has 0 saturated carbocycles. The Bertz CT molecular complexity index is 309. The van der Waals surface area contributed by atoms with Crippen LogP contribution < -0.4 is 5.32 Å². The van der Waals surface area contributed by atoms with E-state index in [0.717, 1.165) is 5.56 Å². The van der Waals surface area contributed by atoms with Crippen molar-refractivity contribution < 1.29 is 9.90 Å². The van der Waals surface area contributed by atoms with Crippen LogP contribution >= 0.6 is 0 Å². The molecule has 15 heavy (non-hydrogen) atoms. The summed E-state index contributed by atoms with van der Waals surface area (Å²) in [7, 11) is 0. The third kappa shape index (κ3) is 3.36. The van der Waals surface area contributed by atoms with Gasteiger partial charge in [-0.3, -0.25) is 4.79 Å². The van der Waals surface area contributed by atoms with Crippen LogP contribution in [0.4, 0.5) is 0 Å². The lowest BCUT2D eigenvalue weighted by Gasteiger charge is -2.16. The molecule has 0 aliphatic rings. The van der Waals surface area contributed by atoms with Crippen LogP contribution in [0.2, 0.25) is 0 Å². The highest BCUT2D eigenvalue weighted by atomic mass is 16.3. The molecule has 0 spiro atoms. The molecule has 1 amide bonds. The summed E-state index contributed by atoms with van der Waals surface area (Å²) in [6.07, 6.45) is 0. The van der Waals surface area contributed by atoms with E-state index < -0.39 is 5.92 Å². The van der Waals surface area contributed by atoms with Gasteiger partial charge in [0.25, 0.3) is 0 Å². The fraction of sp³-hybridized carbons (Fsp3) is 0.417. The third-order valence-electron chi connectivity index (χ3n) is 2.13. The first-order valence-corrected chi connectivity index (χ1v) is 5.11. The minimum absolute atomic E-state index is 0.0928. The van der Waals surface area contributed by atoms with E-state index in [4.69, 9.17) is 0 Å². The van der Waals surface area contributed by atoms with Crippen molar-refractivity contribution in [2.45, 2.75) is 25.8 Å². The molecule has 0 fully saturated rings. The zero-order valence-corrected chi connectivity index (χ0v) is 9.10. The lowest BCUT2D eigenvalue weighted by atomic mass is 9.99. The molecule has 3 heteroatoms. The maximum absolute atomic E-state index is 11.7. The Morgan fingerprint density at radius 3 is 2.40 bits per heavy atom. The Morgan fingerprint density at radius 2 is 1.93 bits per heavy atom. The predicted octanol–water partition coefficient (Wildman–Crippen LogP) is 1.29. The molecule has 0 aliphatic carbocycles. The van der Waals surface area contributed by atoms with Crippen molar-refractivity contribution in [3.05, 3.63) is 35.9 Å². The van der Waals surface area contributed by atoms with Crippen LogP contribution in [-0.2, 0) is 4.79 Å². The molecule has 1 aromatic carbocycles. The Hall–Kier alpha value is -1.35. The van der Waals surface area contributed by atoms with E-state index in [1.54, 1.807) is 0 Å². The summed E-state index contributed by atoms with van der Waals surface area (Å²) >= 11 is 0. The van der Waals surface area contributed by atoms with Gasteiger partial charge in [-0.2, -0.15) is 0 Å². The van der Waals surface area contributed by atoms with Crippen LogP contribution in [0.1, 0.15) is 25.3 Å². The van der Waals surface area contributed by atoms with Gasteiger partial charge in [0.2, 0.25) is 5.91 Å². The summed E-state index contributed by atoms with van der Waals surface area (Å²) < 4.78 is 0. The van der Waals surface area contributed by atoms with E-state index in [-0.39, 0.29) is 18.6 Å². The number of aliphatic hydroxyl groups excluding tert-OH is 1. The molecule has 0 bridgehead atoms. The average molecular weight is 207 g/mol. The minimum atomic E-state index is -0.464. The van der Waals surface area contributed by atoms with Crippen molar-refractivity contribution in [2.24, 2.45) is 0 Å². The first-order valence-electron chi connectivity index (χ1n) is 5.11. The molecule has 0 saturated heterocycles. The smallest absolute Gasteiger partial charge is 0.230 e. The maximum atomic E-state index is 11.7. The number of carbonyl (C=O) groups excluding carboxylic acids is 1. The van der Waals surface area contributed by atoms with Crippen LogP contribution in [0, 0.1) is 0 Å². The van der Waals surface area contributed by atoms with Gasteiger partial charge in [-0.05, 0) is 19.4 Å². The number of rotatable bonds is 4. The number of hydrogen-bond acceptors (Lipinski definition) is 2. The van der Waals surface area contributed by atoms with Gasteiger partial charge in [0.05, 0.1) is 12.5 Å². The van der Waals surface area contributed by atoms with E-state index in [2.05, 4.69) is 5.32 Å². The molecule has 1 rings (SSSR count). The van der Waals surface area contributed by atoms with Gasteiger partial charge < -0.3 is 10.4 Å². The van der Waals surface area contributed by atoms with Gasteiger partial charge in [0, 0.05) is 6.04 Å². The standard InChI is InChI=1S/C12H17NO2/c1-9(2)13-12(15)11(8-14)10-6-4-3-5-7-10/h3-7,9,11,14H,8H2,1-2H3,(H,13,15)/t11-/m0/s1. The molecular formula is C12H17NO2. The molecule has 2 N–H and O–H groups in total. The summed E-state index contributed by atoms with van der Waals surface area (Å²) in [6, 6.07) is 9.40. The van der Waals surface area contributed by atoms with Crippen molar-refractivity contribution in [3.63, 3.8) is 0 Å². The minimum Gasteiger partial charge on any atom is -0.395 e. The second-order valence-corrected chi connectivity index (χ2v) is 3.81. The maximum Gasteiger partial charge on any atom is 0.230 e. The molecule has 0 radical (unpaired) electrons. The van der Waals surface area contributed by atoms with Gasteiger partial charge in [-0.15, -0.1) is 0 Å². The second kappa shape index (κ2) is 5.51. The SMILES string of the molecule is CC(C)NC(=O)[C@@H](CO)c1ccccc1. The van der Waals surface area contributed by atoms with E-state index >= 15 is 0 Å². The zero-order valence-electron chi connectivity index (χ0n) is 9.10. The molecule has 82 valence electrons. The summed E-state index contributed by atoms with van der Waals surface area (Å²) in [5.74, 6) is -0.590. The largest absolute Gasteiger partial charge is 0.395 e. The molecule has 0 aliphatic heterocycles. The van der Waals surface area contributed by atoms with E-state index in [1.165, 1.54) is 0 Å². The summed E-state index contributed by atoms with van der Waals surface area (Å²) in [5, 5.41) is 12.0. The van der Waals surface area contributed by atoms with Gasteiger partial charge in [-0.1, -0.05) is 30.3 Å².